The second kappa shape index (κ2) is 31.4. The van der Waals surface area contributed by atoms with E-state index in [1.165, 1.54) is 18.2 Å². The molecule has 26 heteroatoms. The fourth-order valence-corrected chi connectivity index (χ4v) is 8.61. The van der Waals surface area contributed by atoms with Gasteiger partial charge in [-0.1, -0.05) is 16.3 Å². The van der Waals surface area contributed by atoms with Crippen molar-refractivity contribution in [2.24, 2.45) is 10.2 Å². The minimum atomic E-state index is -1.20. The second-order valence-corrected chi connectivity index (χ2v) is 18.1. The molecular formula is C58H60N12O14. The topological polar surface area (TPSA) is 412 Å². The van der Waals surface area contributed by atoms with E-state index in [1.807, 2.05) is 0 Å². The number of carbonyl (C=O) groups is 4. The fourth-order valence-electron chi connectivity index (χ4n) is 8.61. The molecule has 4 aromatic rings. The standard InChI is InChI=1S/2C29H30N6O7/c30-19-2-5-22-25(16-19)42-26-17-20(31)3-6-23(26)27(22)24-15-18(1-4-21(24)29(37)38)28(36)33-7-9-39-11-13-41-14-12-40-10-8-34-35-32;30-19-2-5-22-25(16-19)42-26-17-20(31)3-6-23(26)27(22)21-4-1-18(15-24(21)29(37)38)28(36)33-7-9-39-11-13-41-14-12-40-10-8-34-35-32/h2*1-6,15-17,30H,7-14,31H2,(H,33,36)(H,37,38). The Kier molecular flexibility index (Phi) is 23.0. The van der Waals surface area contributed by atoms with E-state index in [9.17, 15) is 29.4 Å². The van der Waals surface area contributed by atoms with E-state index in [0.717, 1.165) is 0 Å². The summed E-state index contributed by atoms with van der Waals surface area (Å²) in [6.45, 7) is 5.03. The van der Waals surface area contributed by atoms with Crippen LogP contribution in [0, 0.1) is 10.8 Å². The van der Waals surface area contributed by atoms with Crippen LogP contribution in [0.1, 0.15) is 41.4 Å². The first kappa shape index (κ1) is 61.7. The number of benzene rings is 6. The molecule has 10 N–H and O–H groups in total. The van der Waals surface area contributed by atoms with Gasteiger partial charge in [0.15, 0.2) is 0 Å². The van der Waals surface area contributed by atoms with Gasteiger partial charge in [-0.2, -0.15) is 0 Å². The Morgan fingerprint density at radius 1 is 0.476 bits per heavy atom. The van der Waals surface area contributed by atoms with Crippen molar-refractivity contribution in [2.45, 2.75) is 0 Å². The quantitative estimate of drug-likeness (QED) is 0.00526. The predicted molar refractivity (Wildman–Crippen MR) is 309 cm³/mol. The van der Waals surface area contributed by atoms with E-state index in [-0.39, 0.29) is 72.4 Å². The number of hydrogen-bond acceptors (Lipinski definition) is 18. The molecule has 0 atom stereocenters. The molecule has 4 aliphatic rings. The van der Waals surface area contributed by atoms with Crippen molar-refractivity contribution in [1.82, 2.24) is 10.6 Å². The maximum atomic E-state index is 13.0. The first-order valence-corrected chi connectivity index (χ1v) is 26.2. The third kappa shape index (κ3) is 17.1. The van der Waals surface area contributed by atoms with Gasteiger partial charge in [-0.3, -0.25) is 9.59 Å². The normalized spacial score (nSPS) is 11.0. The Labute approximate surface area is 478 Å². The monoisotopic (exact) mass is 1150 g/mol. The number of nitrogens with one attached hydrogen (secondary N) is 4. The molecule has 26 nitrogen and oxygen atoms in total. The molecule has 84 heavy (non-hydrogen) atoms. The van der Waals surface area contributed by atoms with Gasteiger partial charge in [0.2, 0.25) is 0 Å². The molecule has 436 valence electrons. The number of nitrogens with two attached hydrogens (primary N) is 2. The first-order chi connectivity index (χ1) is 40.8. The van der Waals surface area contributed by atoms with Crippen LogP contribution >= 0.6 is 0 Å². The summed E-state index contributed by atoms with van der Waals surface area (Å²) < 4.78 is 44.2. The van der Waals surface area contributed by atoms with Gasteiger partial charge in [0.1, 0.15) is 22.7 Å². The molecule has 4 aromatic carbocycles. The minimum Gasteiger partial charge on any atom is -0.478 e. The summed E-state index contributed by atoms with van der Waals surface area (Å²) in [6.07, 6.45) is 0. The van der Waals surface area contributed by atoms with Gasteiger partial charge < -0.3 is 80.4 Å². The van der Waals surface area contributed by atoms with Crippen LogP contribution in [0.2, 0.25) is 0 Å². The van der Waals surface area contributed by atoms with E-state index in [1.54, 1.807) is 91.0 Å². The molecule has 0 spiro atoms. The molecule has 2 aliphatic heterocycles. The van der Waals surface area contributed by atoms with Crippen LogP contribution in [0.25, 0.3) is 87.7 Å². The molecular weight excluding hydrogens is 1090 g/mol. The number of aromatic carboxylic acids is 2. The third-order valence-electron chi connectivity index (χ3n) is 12.4. The van der Waals surface area contributed by atoms with Gasteiger partial charge in [-0.15, -0.1) is 0 Å². The van der Waals surface area contributed by atoms with Gasteiger partial charge in [-0.25, -0.2) is 9.59 Å². The Morgan fingerprint density at radius 2 is 0.881 bits per heavy atom. The molecule has 2 aliphatic carbocycles. The number of carbonyl (C=O) groups excluding carboxylic acids is 2. The van der Waals surface area contributed by atoms with Crippen LogP contribution in [0.3, 0.4) is 0 Å². The lowest BCUT2D eigenvalue weighted by atomic mass is 9.89. The number of azide groups is 2. The average Bonchev–Trinajstić information content (AvgIpc) is 0.957. The minimum absolute atomic E-state index is 0.0107. The molecule has 2 heterocycles. The lowest BCUT2D eigenvalue weighted by Gasteiger charge is -2.18. The average molecular weight is 1150 g/mol. The number of hydrogen-bond donors (Lipinski definition) is 8. The van der Waals surface area contributed by atoms with E-state index in [4.69, 9.17) is 70.6 Å². The number of amides is 2. The van der Waals surface area contributed by atoms with Gasteiger partial charge in [0.05, 0.1) is 101 Å². The van der Waals surface area contributed by atoms with Gasteiger partial charge >= 0.3 is 11.9 Å². The lowest BCUT2D eigenvalue weighted by Crippen LogP contribution is -2.28. The van der Waals surface area contributed by atoms with Crippen LogP contribution in [0.15, 0.2) is 128 Å². The summed E-state index contributed by atoms with van der Waals surface area (Å²) in [5.41, 5.74) is 33.6. The molecule has 0 bridgehead atoms. The summed E-state index contributed by atoms with van der Waals surface area (Å²) in [4.78, 5) is 55.7. The maximum Gasteiger partial charge on any atom is 0.336 e. The number of anilines is 2. The SMILES string of the molecule is [N-]=[N+]=NCCOCCOCCOCCNC(=O)c1ccc(-c2c3ccc(=N)cc-3oc3cc(N)ccc23)c(C(=O)O)c1.[N-]=[N+]=NCCOCCOCCOCCNC(=O)c1ccc(C(=O)O)c(-c2c3ccc(=N)cc-3oc3cc(N)ccc23)c1. The molecule has 0 saturated heterocycles. The van der Waals surface area contributed by atoms with E-state index < -0.39 is 23.8 Å². The smallest absolute Gasteiger partial charge is 0.336 e. The highest BCUT2D eigenvalue weighted by Crippen LogP contribution is 2.43. The molecule has 0 aromatic heterocycles. The number of nitrogens with zero attached hydrogens (tertiary/aromatic N) is 6. The summed E-state index contributed by atoms with van der Waals surface area (Å²) in [7, 11) is 0. The van der Waals surface area contributed by atoms with Gasteiger partial charge in [0, 0.05) is 116 Å². The highest BCUT2D eigenvalue weighted by molar-refractivity contribution is 6.11. The maximum absolute atomic E-state index is 13.0. The second-order valence-electron chi connectivity index (χ2n) is 18.1. The zero-order valence-electron chi connectivity index (χ0n) is 45.3. The number of rotatable bonds is 30. The van der Waals surface area contributed by atoms with Crippen molar-refractivity contribution in [3.8, 4) is 44.9 Å². The zero-order chi connectivity index (χ0) is 59.8. The Balaban J connectivity index is 0.000000241. The van der Waals surface area contributed by atoms with Crippen LogP contribution in [-0.4, -0.2) is 139 Å². The number of ether oxygens (including phenoxy) is 6. The Morgan fingerprint density at radius 3 is 1.33 bits per heavy atom. The molecule has 8 rings (SSSR count). The molecule has 2 amide bonds. The molecule has 0 unspecified atom stereocenters. The van der Waals surface area contributed by atoms with Gasteiger partial charge in [0.25, 0.3) is 11.8 Å². The number of fused-ring (bicyclic) bond motifs is 4. The third-order valence-corrected chi connectivity index (χ3v) is 12.4. The van der Waals surface area contributed by atoms with E-state index >= 15 is 0 Å². The van der Waals surface area contributed by atoms with Crippen molar-refractivity contribution in [3.63, 3.8) is 0 Å². The summed E-state index contributed by atoms with van der Waals surface area (Å²) in [6, 6.07) is 28.8. The highest BCUT2D eigenvalue weighted by atomic mass is 16.5. The van der Waals surface area contributed by atoms with Gasteiger partial charge in [-0.05, 0) is 101 Å². The molecule has 0 fully saturated rings. The van der Waals surface area contributed by atoms with E-state index in [0.29, 0.717) is 144 Å². The number of carboxylic acids is 2. The van der Waals surface area contributed by atoms with Crippen molar-refractivity contribution in [3.05, 3.63) is 163 Å². The number of carboxylic acid groups (broad SMARTS) is 2. The first-order valence-electron chi connectivity index (χ1n) is 26.2. The van der Waals surface area contributed by atoms with E-state index in [2.05, 4.69) is 30.7 Å². The lowest BCUT2D eigenvalue weighted by molar-refractivity contribution is 0.0166. The number of nitrogen functional groups attached to an aromatic ring is 2. The van der Waals surface area contributed by atoms with Crippen LogP contribution in [0.5, 0.6) is 0 Å². The summed E-state index contributed by atoms with van der Waals surface area (Å²) >= 11 is 0. The Hall–Kier alpha value is -9.88. The van der Waals surface area contributed by atoms with Crippen molar-refractivity contribution in [2.75, 3.05) is 117 Å². The molecule has 0 radical (unpaired) electrons. The van der Waals surface area contributed by atoms with Crippen LogP contribution < -0.4 is 32.8 Å². The van der Waals surface area contributed by atoms with Crippen LogP contribution in [-0.2, 0) is 28.4 Å². The fraction of sp³-hybridized carbons (Fsp3) is 0.276. The zero-order valence-corrected chi connectivity index (χ0v) is 45.3. The van der Waals surface area contributed by atoms with Crippen molar-refractivity contribution in [1.29, 1.82) is 10.8 Å². The van der Waals surface area contributed by atoms with Crippen molar-refractivity contribution >= 4 is 57.1 Å². The largest absolute Gasteiger partial charge is 0.478 e. The highest BCUT2D eigenvalue weighted by Gasteiger charge is 2.25. The summed E-state index contributed by atoms with van der Waals surface area (Å²) in [5, 5.41) is 50.1. The predicted octanol–water partition coefficient (Wildman–Crippen LogP) is 8.11. The summed E-state index contributed by atoms with van der Waals surface area (Å²) in [5.74, 6) is -2.37. The van der Waals surface area contributed by atoms with Crippen LogP contribution in [0.4, 0.5) is 11.4 Å². The Bertz CT molecular complexity index is 3780. The van der Waals surface area contributed by atoms with Crippen molar-refractivity contribution < 1.29 is 66.6 Å². The molecule has 0 saturated carbocycles.